The van der Waals surface area contributed by atoms with E-state index in [1.807, 2.05) is 24.3 Å². The lowest BCUT2D eigenvalue weighted by molar-refractivity contribution is -0.137. The van der Waals surface area contributed by atoms with E-state index in [9.17, 15) is 23.1 Å². The Bertz CT molecular complexity index is 1970. The zero-order valence-corrected chi connectivity index (χ0v) is 28.4. The third kappa shape index (κ3) is 5.67. The molecule has 48 heavy (non-hydrogen) atoms. The minimum atomic E-state index is -4.34. The molecule has 250 valence electrons. The second kappa shape index (κ2) is 12.5. The van der Waals surface area contributed by atoms with Crippen molar-refractivity contribution in [3.8, 4) is 11.1 Å². The van der Waals surface area contributed by atoms with E-state index < -0.39 is 33.6 Å². The molecule has 1 N–H and O–H groups in total. The number of rotatable bonds is 7. The fourth-order valence-corrected chi connectivity index (χ4v) is 9.39. The molecule has 3 unspecified atom stereocenters. The van der Waals surface area contributed by atoms with Gasteiger partial charge in [-0.05, 0) is 61.9 Å². The first-order valence-corrected chi connectivity index (χ1v) is 17.9. The van der Waals surface area contributed by atoms with Crippen LogP contribution in [-0.4, -0.2) is 85.8 Å². The molecular weight excluding hydrogens is 677 g/mol. The van der Waals surface area contributed by atoms with Crippen molar-refractivity contribution in [3.05, 3.63) is 83.0 Å². The quantitative estimate of drug-likeness (QED) is 0.297. The van der Waals surface area contributed by atoms with Crippen LogP contribution in [0, 0.1) is 0 Å². The van der Waals surface area contributed by atoms with E-state index in [1.165, 1.54) is 26.3 Å². The lowest BCUT2D eigenvalue weighted by Gasteiger charge is -2.34. The van der Waals surface area contributed by atoms with Gasteiger partial charge in [0, 0.05) is 54.1 Å². The maximum Gasteiger partial charge on any atom is 0.261 e. The zero-order valence-electron chi connectivity index (χ0n) is 26.0. The second-order valence-electron chi connectivity index (χ2n) is 12.6. The molecule has 3 aliphatic heterocycles. The Balaban J connectivity index is 1.29. The third-order valence-electron chi connectivity index (χ3n) is 9.34. The number of benzene rings is 2. The van der Waals surface area contributed by atoms with Crippen LogP contribution in [0.15, 0.2) is 72.4 Å². The lowest BCUT2D eigenvalue weighted by Crippen LogP contribution is -2.52. The number of carbonyl (C=O) groups excluding carboxylic acids is 2. The highest BCUT2D eigenvalue weighted by molar-refractivity contribution is 7.89. The van der Waals surface area contributed by atoms with E-state index >= 15 is 0 Å². The van der Waals surface area contributed by atoms with E-state index in [-0.39, 0.29) is 36.4 Å². The lowest BCUT2D eigenvalue weighted by atomic mass is 9.91. The summed E-state index contributed by atoms with van der Waals surface area (Å²) in [5.41, 5.74) is 1.38. The van der Waals surface area contributed by atoms with Gasteiger partial charge in [-0.1, -0.05) is 47.5 Å². The van der Waals surface area contributed by atoms with E-state index in [2.05, 4.69) is 15.0 Å². The molecule has 3 atom stereocenters. The average molecular weight is 711 g/mol. The fourth-order valence-electron chi connectivity index (χ4n) is 7.03. The van der Waals surface area contributed by atoms with Crippen LogP contribution in [0.4, 0.5) is 11.6 Å². The molecule has 15 heteroatoms. The van der Waals surface area contributed by atoms with Gasteiger partial charge in [-0.2, -0.15) is 4.31 Å². The number of amides is 2. The number of aromatic nitrogens is 4. The molecule has 3 aliphatic rings. The predicted octanol–water partition coefficient (Wildman–Crippen LogP) is 4.42. The molecule has 2 aromatic heterocycles. The molecule has 12 nitrogen and oxygen atoms in total. The summed E-state index contributed by atoms with van der Waals surface area (Å²) >= 11 is 12.7. The van der Waals surface area contributed by atoms with Gasteiger partial charge in [-0.15, -0.1) is 0 Å². The summed E-state index contributed by atoms with van der Waals surface area (Å²) in [6.07, 6.45) is 7.70. The number of sulfonamides is 1. The van der Waals surface area contributed by atoms with Gasteiger partial charge in [0.15, 0.2) is 5.03 Å². The molecule has 2 aromatic carbocycles. The van der Waals surface area contributed by atoms with Crippen molar-refractivity contribution < 1.29 is 23.1 Å². The Kier molecular flexibility index (Phi) is 8.53. The number of aliphatic hydroxyl groups excluding tert-OH is 1. The first-order valence-electron chi connectivity index (χ1n) is 15.7. The molecule has 2 amide bonds. The smallest absolute Gasteiger partial charge is 0.261 e. The summed E-state index contributed by atoms with van der Waals surface area (Å²) in [4.78, 5) is 43.7. The minimum absolute atomic E-state index is 0.0960. The van der Waals surface area contributed by atoms with Crippen molar-refractivity contribution in [3.63, 3.8) is 0 Å². The van der Waals surface area contributed by atoms with E-state index in [0.29, 0.717) is 48.0 Å². The molecular formula is C33H33Cl2N7O5S. The average Bonchev–Trinajstić information content (AvgIpc) is 3.78. The number of piperidine rings is 1. The molecule has 0 aliphatic carbocycles. The summed E-state index contributed by atoms with van der Waals surface area (Å²) in [6, 6.07) is 11.3. The number of hydrogen-bond acceptors (Lipinski definition) is 8. The summed E-state index contributed by atoms with van der Waals surface area (Å²) in [5, 5.41) is 10.6. The van der Waals surface area contributed by atoms with Gasteiger partial charge >= 0.3 is 0 Å². The van der Waals surface area contributed by atoms with Crippen LogP contribution >= 0.6 is 23.2 Å². The zero-order chi connectivity index (χ0) is 33.8. The number of carbonyl (C=O) groups is 2. The maximum absolute atomic E-state index is 14.6. The van der Waals surface area contributed by atoms with Crippen LogP contribution in [0.25, 0.3) is 11.1 Å². The van der Waals surface area contributed by atoms with Crippen molar-refractivity contribution >= 4 is 56.7 Å². The number of halogens is 2. The molecule has 4 aromatic rings. The number of hydrogen-bond donors (Lipinski definition) is 1. The summed E-state index contributed by atoms with van der Waals surface area (Å²) in [5.74, 6) is -0.648. The molecule has 7 rings (SSSR count). The number of imidazole rings is 1. The van der Waals surface area contributed by atoms with Crippen molar-refractivity contribution in [1.82, 2.24) is 28.7 Å². The highest BCUT2D eigenvalue weighted by Crippen LogP contribution is 2.45. The van der Waals surface area contributed by atoms with E-state index in [1.54, 1.807) is 42.4 Å². The number of aliphatic hydroxyl groups is 1. The van der Waals surface area contributed by atoms with Crippen LogP contribution in [-0.2, 0) is 31.6 Å². The summed E-state index contributed by atoms with van der Waals surface area (Å²) < 4.78 is 31.8. The normalized spacial score (nSPS) is 23.1. The summed E-state index contributed by atoms with van der Waals surface area (Å²) in [6.45, 7) is 2.46. The Labute approximate surface area is 288 Å². The van der Waals surface area contributed by atoms with Crippen LogP contribution in [0.5, 0.6) is 0 Å². The van der Waals surface area contributed by atoms with E-state index in [4.69, 9.17) is 23.2 Å². The topological polar surface area (TPSA) is 142 Å². The molecule has 0 spiro atoms. The van der Waals surface area contributed by atoms with Crippen molar-refractivity contribution in [2.24, 2.45) is 0 Å². The first-order chi connectivity index (χ1) is 23.0. The molecule has 0 saturated carbocycles. The first kappa shape index (κ1) is 32.7. The molecule has 2 saturated heterocycles. The van der Waals surface area contributed by atoms with Gasteiger partial charge in [-0.25, -0.2) is 28.3 Å². The molecule has 0 radical (unpaired) electrons. The highest BCUT2D eigenvalue weighted by atomic mass is 35.5. The van der Waals surface area contributed by atoms with Crippen LogP contribution < -0.4 is 4.90 Å². The van der Waals surface area contributed by atoms with Gasteiger partial charge in [-0.3, -0.25) is 14.2 Å². The Hall–Kier alpha value is -3.88. The van der Waals surface area contributed by atoms with Gasteiger partial charge in [0.1, 0.15) is 17.9 Å². The van der Waals surface area contributed by atoms with Gasteiger partial charge in [0.05, 0.1) is 18.0 Å². The predicted molar refractivity (Wildman–Crippen MR) is 179 cm³/mol. The van der Waals surface area contributed by atoms with Crippen LogP contribution in [0.3, 0.4) is 0 Å². The van der Waals surface area contributed by atoms with Crippen molar-refractivity contribution in [1.29, 1.82) is 0 Å². The maximum atomic E-state index is 14.6. The number of likely N-dealkylation sites (tertiary alicyclic amines) is 1. The third-order valence-corrected chi connectivity index (χ3v) is 11.6. The largest absolute Gasteiger partial charge is 0.391 e. The standard InChI is InChI=1S/C33H33Cl2N7O5S/c1-33(15-21-6-8-22(9-7-21)23-16-36-20-37-17-23)31(45)41(26-13-24(34)12-25(35)14-26)32-38-18-29(42(32)33)48(46,47)40-11-3-5-28(40)30(44)39-10-2-4-27(43)19-39/h6-9,12-14,16-18,20,27-28,43H,2-5,10-11,15,19H2,1H3. The SMILES string of the molecule is CC1(Cc2ccc(-c3cncnc3)cc2)C(=O)N(c2cc(Cl)cc(Cl)c2)c2ncc(S(=O)(=O)N3CCCC3C(=O)N3CCCC(O)C3)n21. The van der Waals surface area contributed by atoms with Gasteiger partial charge < -0.3 is 10.0 Å². The molecule has 5 heterocycles. The Morgan fingerprint density at radius 1 is 0.979 bits per heavy atom. The van der Waals surface area contributed by atoms with Crippen LogP contribution in [0.2, 0.25) is 10.0 Å². The molecule has 0 bridgehead atoms. The Morgan fingerprint density at radius 3 is 2.35 bits per heavy atom. The van der Waals surface area contributed by atoms with Crippen molar-refractivity contribution in [2.45, 2.75) is 61.7 Å². The number of anilines is 2. The van der Waals surface area contributed by atoms with Gasteiger partial charge in [0.2, 0.25) is 11.9 Å². The van der Waals surface area contributed by atoms with Crippen LogP contribution in [0.1, 0.15) is 38.2 Å². The second-order valence-corrected chi connectivity index (χ2v) is 15.3. The number of fused-ring (bicyclic) bond motifs is 1. The molecule has 2 fully saturated rings. The minimum Gasteiger partial charge on any atom is -0.391 e. The monoisotopic (exact) mass is 709 g/mol. The Morgan fingerprint density at radius 2 is 1.67 bits per heavy atom. The van der Waals surface area contributed by atoms with Crippen molar-refractivity contribution in [2.75, 3.05) is 24.5 Å². The van der Waals surface area contributed by atoms with E-state index in [0.717, 1.165) is 16.7 Å². The number of nitrogens with zero attached hydrogens (tertiary/aromatic N) is 7. The number of β-amino-alcohol motifs (C(OH)–C–C–N with tert-alkyl or cyclic N) is 1. The highest BCUT2D eigenvalue weighted by Gasteiger charge is 2.53. The summed E-state index contributed by atoms with van der Waals surface area (Å²) in [7, 11) is -4.34. The fraction of sp³-hybridized carbons (Fsp3) is 0.364. The van der Waals surface area contributed by atoms with Gasteiger partial charge in [0.25, 0.3) is 15.9 Å².